The Morgan fingerprint density at radius 3 is 2.62 bits per heavy atom. The Morgan fingerprint density at radius 1 is 1.38 bits per heavy atom. The van der Waals surface area contributed by atoms with Gasteiger partial charge in [0.1, 0.15) is 6.29 Å². The molecule has 76 valence electrons. The summed E-state index contributed by atoms with van der Waals surface area (Å²) in [5.41, 5.74) is 0. The van der Waals surface area contributed by atoms with Gasteiger partial charge < -0.3 is 4.79 Å². The third-order valence-electron chi connectivity index (χ3n) is 2.20. The van der Waals surface area contributed by atoms with Gasteiger partial charge in [-0.1, -0.05) is 6.42 Å². The van der Waals surface area contributed by atoms with Crippen molar-refractivity contribution in [3.05, 3.63) is 0 Å². The summed E-state index contributed by atoms with van der Waals surface area (Å²) in [6.07, 6.45) is -1.43. The van der Waals surface area contributed by atoms with Gasteiger partial charge in [-0.25, -0.2) is 0 Å². The van der Waals surface area contributed by atoms with Gasteiger partial charge in [-0.15, -0.1) is 0 Å². The molecule has 5 heteroatoms. The van der Waals surface area contributed by atoms with Crippen molar-refractivity contribution >= 4 is 6.29 Å². The number of nitrogens with zero attached hydrogens (tertiary/aromatic N) is 1. The van der Waals surface area contributed by atoms with E-state index in [0.717, 1.165) is 12.8 Å². The summed E-state index contributed by atoms with van der Waals surface area (Å²) in [5, 5.41) is 0. The van der Waals surface area contributed by atoms with Crippen molar-refractivity contribution in [1.82, 2.24) is 4.90 Å². The molecule has 0 aromatic heterocycles. The second-order valence-corrected chi connectivity index (χ2v) is 3.28. The summed E-state index contributed by atoms with van der Waals surface area (Å²) >= 11 is 0. The van der Waals surface area contributed by atoms with E-state index >= 15 is 0 Å². The molecule has 0 aromatic carbocycles. The first-order valence-corrected chi connectivity index (χ1v) is 4.29. The lowest BCUT2D eigenvalue weighted by Crippen LogP contribution is -2.45. The van der Waals surface area contributed by atoms with Crippen LogP contribution in [-0.2, 0) is 4.79 Å². The highest BCUT2D eigenvalue weighted by atomic mass is 19.4. The summed E-state index contributed by atoms with van der Waals surface area (Å²) < 4.78 is 36.0. The van der Waals surface area contributed by atoms with Gasteiger partial charge in [-0.3, -0.25) is 4.90 Å². The van der Waals surface area contributed by atoms with Crippen LogP contribution in [0.5, 0.6) is 0 Å². The zero-order chi connectivity index (χ0) is 9.90. The maximum Gasteiger partial charge on any atom is 0.401 e. The van der Waals surface area contributed by atoms with E-state index in [1.807, 2.05) is 0 Å². The van der Waals surface area contributed by atoms with E-state index in [1.165, 1.54) is 4.90 Å². The van der Waals surface area contributed by atoms with Crippen molar-refractivity contribution in [2.24, 2.45) is 0 Å². The van der Waals surface area contributed by atoms with E-state index < -0.39 is 18.8 Å². The van der Waals surface area contributed by atoms with Gasteiger partial charge in [0.15, 0.2) is 0 Å². The smallest absolute Gasteiger partial charge is 0.302 e. The van der Waals surface area contributed by atoms with Crippen molar-refractivity contribution in [3.63, 3.8) is 0 Å². The molecule has 0 radical (unpaired) electrons. The van der Waals surface area contributed by atoms with Crippen LogP contribution in [0.2, 0.25) is 0 Å². The van der Waals surface area contributed by atoms with Crippen molar-refractivity contribution in [1.29, 1.82) is 0 Å². The van der Waals surface area contributed by atoms with Crippen LogP contribution in [0, 0.1) is 0 Å². The monoisotopic (exact) mass is 195 g/mol. The predicted molar refractivity (Wildman–Crippen MR) is 41.3 cm³/mol. The van der Waals surface area contributed by atoms with Gasteiger partial charge in [0.2, 0.25) is 0 Å². The number of hydrogen-bond donors (Lipinski definition) is 0. The van der Waals surface area contributed by atoms with Gasteiger partial charge >= 0.3 is 6.18 Å². The van der Waals surface area contributed by atoms with Crippen LogP contribution in [0.25, 0.3) is 0 Å². The van der Waals surface area contributed by atoms with Crippen molar-refractivity contribution in [2.75, 3.05) is 13.1 Å². The summed E-state index contributed by atoms with van der Waals surface area (Å²) in [6.45, 7) is -0.584. The molecule has 0 saturated carbocycles. The Hall–Kier alpha value is -0.580. The fourth-order valence-electron chi connectivity index (χ4n) is 1.60. The van der Waals surface area contributed by atoms with Crippen LogP contribution in [-0.4, -0.2) is 36.5 Å². The predicted octanol–water partition coefficient (Wildman–Crippen LogP) is 1.60. The number of rotatable bonds is 2. The van der Waals surface area contributed by atoms with Gasteiger partial charge in [0.05, 0.1) is 12.6 Å². The minimum Gasteiger partial charge on any atom is -0.302 e. The van der Waals surface area contributed by atoms with Gasteiger partial charge in [-0.05, 0) is 19.4 Å². The summed E-state index contributed by atoms with van der Waals surface area (Å²) in [4.78, 5) is 11.7. The molecule has 0 aliphatic carbocycles. The molecule has 1 aliphatic heterocycles. The van der Waals surface area contributed by atoms with E-state index in [1.54, 1.807) is 0 Å². The van der Waals surface area contributed by atoms with Crippen molar-refractivity contribution in [3.8, 4) is 0 Å². The van der Waals surface area contributed by atoms with Crippen molar-refractivity contribution in [2.45, 2.75) is 31.5 Å². The first kappa shape index (κ1) is 10.5. The van der Waals surface area contributed by atoms with Crippen LogP contribution in [0.4, 0.5) is 13.2 Å². The molecule has 1 rings (SSSR count). The molecule has 2 nitrogen and oxygen atoms in total. The van der Waals surface area contributed by atoms with Crippen LogP contribution in [0.3, 0.4) is 0 Å². The lowest BCUT2D eigenvalue weighted by atomic mass is 10.0. The largest absolute Gasteiger partial charge is 0.401 e. The maximum atomic E-state index is 12.0. The first-order valence-electron chi connectivity index (χ1n) is 4.29. The molecule has 1 unspecified atom stereocenters. The lowest BCUT2D eigenvalue weighted by molar-refractivity contribution is -0.154. The van der Waals surface area contributed by atoms with E-state index in [9.17, 15) is 18.0 Å². The standard InChI is InChI=1S/C8H12F3NO/c9-8(10,11)6-12-4-2-1-3-7(12)5-13/h5,7H,1-4,6H2. The average Bonchev–Trinajstić information content (AvgIpc) is 2.02. The molecule has 0 bridgehead atoms. The molecular weight excluding hydrogens is 183 g/mol. The van der Waals surface area contributed by atoms with Gasteiger partial charge in [0.25, 0.3) is 0 Å². The molecule has 1 saturated heterocycles. The van der Waals surface area contributed by atoms with Crippen LogP contribution >= 0.6 is 0 Å². The molecule has 0 amide bonds. The number of halogens is 3. The highest BCUT2D eigenvalue weighted by Gasteiger charge is 2.34. The van der Waals surface area contributed by atoms with E-state index in [4.69, 9.17) is 0 Å². The maximum absolute atomic E-state index is 12.0. The van der Waals surface area contributed by atoms with Gasteiger partial charge in [-0.2, -0.15) is 13.2 Å². The zero-order valence-corrected chi connectivity index (χ0v) is 7.18. The van der Waals surface area contributed by atoms with Gasteiger partial charge in [0, 0.05) is 0 Å². The fraction of sp³-hybridized carbons (Fsp3) is 0.875. The Bertz CT molecular complexity index is 181. The molecular formula is C8H12F3NO. The number of alkyl halides is 3. The normalized spacial score (nSPS) is 25.9. The second kappa shape index (κ2) is 4.09. The molecule has 13 heavy (non-hydrogen) atoms. The number of aldehydes is 1. The minimum absolute atomic E-state index is 0.378. The average molecular weight is 195 g/mol. The highest BCUT2D eigenvalue weighted by Crippen LogP contribution is 2.22. The van der Waals surface area contributed by atoms with Crippen LogP contribution in [0.1, 0.15) is 19.3 Å². The second-order valence-electron chi connectivity index (χ2n) is 3.28. The zero-order valence-electron chi connectivity index (χ0n) is 7.18. The van der Waals surface area contributed by atoms with E-state index in [2.05, 4.69) is 0 Å². The summed E-state index contributed by atoms with van der Waals surface area (Å²) in [6, 6.07) is -0.532. The SMILES string of the molecule is O=CC1CCCCN1CC(F)(F)F. The van der Waals surface area contributed by atoms with Crippen LogP contribution in [0.15, 0.2) is 0 Å². The molecule has 1 fully saturated rings. The van der Waals surface area contributed by atoms with E-state index in [0.29, 0.717) is 19.3 Å². The summed E-state index contributed by atoms with van der Waals surface area (Å²) in [7, 11) is 0. The molecule has 0 aromatic rings. The number of piperidine rings is 1. The fourth-order valence-corrected chi connectivity index (χ4v) is 1.60. The Balaban J connectivity index is 2.50. The number of likely N-dealkylation sites (tertiary alicyclic amines) is 1. The molecule has 1 heterocycles. The Labute approximate surface area is 74.7 Å². The number of hydrogen-bond acceptors (Lipinski definition) is 2. The molecule has 0 spiro atoms. The quantitative estimate of drug-likeness (QED) is 0.624. The lowest BCUT2D eigenvalue weighted by Gasteiger charge is -2.32. The van der Waals surface area contributed by atoms with E-state index in [-0.39, 0.29) is 0 Å². The first-order chi connectivity index (χ1) is 6.03. The Kier molecular flexibility index (Phi) is 3.30. The highest BCUT2D eigenvalue weighted by molar-refractivity contribution is 5.57. The summed E-state index contributed by atoms with van der Waals surface area (Å²) in [5.74, 6) is 0. The minimum atomic E-state index is -4.20. The third kappa shape index (κ3) is 3.34. The Morgan fingerprint density at radius 2 is 2.08 bits per heavy atom. The number of carbonyl (C=O) groups excluding carboxylic acids is 1. The molecule has 1 aliphatic rings. The number of carbonyl (C=O) groups is 1. The topological polar surface area (TPSA) is 20.3 Å². The third-order valence-corrected chi connectivity index (χ3v) is 2.20. The molecule has 1 atom stereocenters. The van der Waals surface area contributed by atoms with Crippen molar-refractivity contribution < 1.29 is 18.0 Å². The molecule has 0 N–H and O–H groups in total. The van der Waals surface area contributed by atoms with Crippen LogP contribution < -0.4 is 0 Å².